The molecule has 2 aromatic rings. The van der Waals surface area contributed by atoms with E-state index in [9.17, 15) is 8.42 Å². The van der Waals surface area contributed by atoms with E-state index in [0.717, 1.165) is 5.56 Å². The molecule has 0 N–H and O–H groups in total. The molecule has 5 nitrogen and oxygen atoms in total. The van der Waals surface area contributed by atoms with Gasteiger partial charge in [0.15, 0.2) is 11.5 Å². The molecule has 0 radical (unpaired) electrons. The maximum atomic E-state index is 12.6. The molecule has 23 heavy (non-hydrogen) atoms. The summed E-state index contributed by atoms with van der Waals surface area (Å²) in [6, 6.07) is 11.4. The molecule has 0 amide bonds. The molecule has 0 aromatic heterocycles. The van der Waals surface area contributed by atoms with Gasteiger partial charge >= 0.3 is 0 Å². The lowest BCUT2D eigenvalue weighted by molar-refractivity contribution is 0.354. The zero-order chi connectivity index (χ0) is 17.0. The molecule has 0 saturated carbocycles. The zero-order valence-corrected chi connectivity index (χ0v) is 14.7. The fraction of sp³-hybridized carbons (Fsp3) is 0.250. The third-order valence-corrected chi connectivity index (χ3v) is 5.44. The molecule has 7 heteroatoms. The van der Waals surface area contributed by atoms with E-state index in [-0.39, 0.29) is 11.4 Å². The third-order valence-electron chi connectivity index (χ3n) is 3.38. The van der Waals surface area contributed by atoms with Crippen molar-refractivity contribution < 1.29 is 17.9 Å². The molecule has 0 aliphatic rings. The lowest BCUT2D eigenvalue weighted by atomic mass is 10.2. The number of methoxy groups -OCH3 is 2. The van der Waals surface area contributed by atoms with Crippen LogP contribution < -0.4 is 9.47 Å². The molecular formula is C16H18ClNO4S. The molecule has 0 aliphatic heterocycles. The number of ether oxygens (including phenoxy) is 2. The standard InChI is InChI=1S/C16H18ClNO4S/c1-18(23(19,20)14-7-5-13(17)6-8-14)11-12-4-9-15(21-2)16(10-12)22-3/h4-10H,11H2,1-3H3. The van der Waals surface area contributed by atoms with Gasteiger partial charge in [0.1, 0.15) is 0 Å². The van der Waals surface area contributed by atoms with Crippen LogP contribution in [0.25, 0.3) is 0 Å². The second-order valence-electron chi connectivity index (χ2n) is 4.90. The van der Waals surface area contributed by atoms with Crippen LogP contribution in [0.3, 0.4) is 0 Å². The number of halogens is 1. The van der Waals surface area contributed by atoms with E-state index in [4.69, 9.17) is 21.1 Å². The van der Waals surface area contributed by atoms with Gasteiger partial charge in [-0.3, -0.25) is 0 Å². The van der Waals surface area contributed by atoms with Crippen LogP contribution in [0.1, 0.15) is 5.56 Å². The summed E-state index contributed by atoms with van der Waals surface area (Å²) >= 11 is 5.80. The van der Waals surface area contributed by atoms with Gasteiger partial charge in [-0.15, -0.1) is 0 Å². The number of sulfonamides is 1. The summed E-state index contributed by atoms with van der Waals surface area (Å²) in [7, 11) is 1.03. The normalized spacial score (nSPS) is 11.5. The Morgan fingerprint density at radius 1 is 1.00 bits per heavy atom. The largest absolute Gasteiger partial charge is 0.493 e. The number of benzene rings is 2. The minimum atomic E-state index is -3.59. The van der Waals surface area contributed by atoms with Crippen LogP contribution >= 0.6 is 11.6 Å². The van der Waals surface area contributed by atoms with E-state index in [1.165, 1.54) is 30.6 Å². The summed E-state index contributed by atoms with van der Waals surface area (Å²) in [5.74, 6) is 1.15. The highest BCUT2D eigenvalue weighted by molar-refractivity contribution is 7.89. The molecule has 124 valence electrons. The van der Waals surface area contributed by atoms with Gasteiger partial charge in [0.2, 0.25) is 10.0 Å². The number of hydrogen-bond donors (Lipinski definition) is 0. The molecule has 0 aliphatic carbocycles. The predicted octanol–water partition coefficient (Wildman–Crippen LogP) is 3.18. The first kappa shape index (κ1) is 17.6. The summed E-state index contributed by atoms with van der Waals surface area (Å²) in [6.07, 6.45) is 0. The van der Waals surface area contributed by atoms with Crippen molar-refractivity contribution in [3.63, 3.8) is 0 Å². The minimum Gasteiger partial charge on any atom is -0.493 e. The first-order valence-corrected chi connectivity index (χ1v) is 8.63. The Morgan fingerprint density at radius 2 is 1.61 bits per heavy atom. The summed E-state index contributed by atoms with van der Waals surface area (Å²) < 4.78 is 36.8. The van der Waals surface area contributed by atoms with Crippen LogP contribution in [0.2, 0.25) is 5.02 Å². The first-order valence-electron chi connectivity index (χ1n) is 6.81. The first-order chi connectivity index (χ1) is 10.9. The summed E-state index contributed by atoms with van der Waals surface area (Å²) in [5, 5.41) is 0.492. The lowest BCUT2D eigenvalue weighted by Gasteiger charge is -2.18. The van der Waals surface area contributed by atoms with Crippen LogP contribution in [-0.4, -0.2) is 34.0 Å². The van der Waals surface area contributed by atoms with Crippen LogP contribution in [0, 0.1) is 0 Å². The molecule has 0 saturated heterocycles. The Kier molecular flexibility index (Phi) is 5.51. The molecule has 0 fully saturated rings. The maximum Gasteiger partial charge on any atom is 0.243 e. The van der Waals surface area contributed by atoms with Gasteiger partial charge in [0, 0.05) is 18.6 Å². The van der Waals surface area contributed by atoms with Crippen LogP contribution in [-0.2, 0) is 16.6 Å². The molecule has 2 aromatic carbocycles. The Hall–Kier alpha value is -1.76. The van der Waals surface area contributed by atoms with Crippen LogP contribution in [0.4, 0.5) is 0 Å². The van der Waals surface area contributed by atoms with Crippen LogP contribution in [0.15, 0.2) is 47.4 Å². The Morgan fingerprint density at radius 3 is 2.17 bits per heavy atom. The smallest absolute Gasteiger partial charge is 0.243 e. The monoisotopic (exact) mass is 355 g/mol. The van der Waals surface area contributed by atoms with Gasteiger partial charge in [0.05, 0.1) is 19.1 Å². The van der Waals surface area contributed by atoms with E-state index in [0.29, 0.717) is 16.5 Å². The van der Waals surface area contributed by atoms with Crippen molar-refractivity contribution in [2.24, 2.45) is 0 Å². The Balaban J connectivity index is 2.24. The predicted molar refractivity (Wildman–Crippen MR) is 89.7 cm³/mol. The zero-order valence-electron chi connectivity index (χ0n) is 13.1. The summed E-state index contributed by atoms with van der Waals surface area (Å²) in [5.41, 5.74) is 0.794. The number of nitrogens with zero attached hydrogens (tertiary/aromatic N) is 1. The highest BCUT2D eigenvalue weighted by Gasteiger charge is 2.21. The van der Waals surface area contributed by atoms with E-state index >= 15 is 0 Å². The topological polar surface area (TPSA) is 55.8 Å². The molecule has 2 rings (SSSR count). The molecule has 0 unspecified atom stereocenters. The molecular weight excluding hydrogens is 338 g/mol. The minimum absolute atomic E-state index is 0.199. The number of rotatable bonds is 6. The van der Waals surface area contributed by atoms with Gasteiger partial charge < -0.3 is 9.47 Å². The fourth-order valence-corrected chi connectivity index (χ4v) is 3.39. The van der Waals surface area contributed by atoms with Crippen molar-refractivity contribution >= 4 is 21.6 Å². The maximum absolute atomic E-state index is 12.6. The van der Waals surface area contributed by atoms with Crippen molar-refractivity contribution in [1.29, 1.82) is 0 Å². The SMILES string of the molecule is COc1ccc(CN(C)S(=O)(=O)c2ccc(Cl)cc2)cc1OC. The molecule has 0 atom stereocenters. The van der Waals surface area contributed by atoms with E-state index in [2.05, 4.69) is 0 Å². The van der Waals surface area contributed by atoms with Crippen molar-refractivity contribution in [1.82, 2.24) is 4.31 Å². The number of hydrogen-bond acceptors (Lipinski definition) is 4. The van der Waals surface area contributed by atoms with Crippen molar-refractivity contribution in [2.75, 3.05) is 21.3 Å². The molecule has 0 spiro atoms. The quantitative estimate of drug-likeness (QED) is 0.798. The van der Waals surface area contributed by atoms with E-state index in [1.54, 1.807) is 37.4 Å². The van der Waals surface area contributed by atoms with Gasteiger partial charge in [-0.05, 0) is 42.0 Å². The van der Waals surface area contributed by atoms with Crippen molar-refractivity contribution in [3.8, 4) is 11.5 Å². The lowest BCUT2D eigenvalue weighted by Crippen LogP contribution is -2.26. The van der Waals surface area contributed by atoms with Gasteiger partial charge in [-0.2, -0.15) is 4.31 Å². The van der Waals surface area contributed by atoms with Crippen molar-refractivity contribution in [3.05, 3.63) is 53.1 Å². The average Bonchev–Trinajstić information content (AvgIpc) is 2.55. The van der Waals surface area contributed by atoms with Gasteiger partial charge in [-0.25, -0.2) is 8.42 Å². The summed E-state index contributed by atoms with van der Waals surface area (Å²) in [4.78, 5) is 0.199. The highest BCUT2D eigenvalue weighted by atomic mass is 35.5. The second kappa shape index (κ2) is 7.21. The van der Waals surface area contributed by atoms with Gasteiger partial charge in [0.25, 0.3) is 0 Å². The van der Waals surface area contributed by atoms with Crippen LogP contribution in [0.5, 0.6) is 11.5 Å². The highest BCUT2D eigenvalue weighted by Crippen LogP contribution is 2.28. The molecule has 0 heterocycles. The third kappa shape index (κ3) is 3.96. The second-order valence-corrected chi connectivity index (χ2v) is 7.39. The van der Waals surface area contributed by atoms with Gasteiger partial charge in [-0.1, -0.05) is 17.7 Å². The Labute approximate surface area is 141 Å². The van der Waals surface area contributed by atoms with Crippen molar-refractivity contribution in [2.45, 2.75) is 11.4 Å². The summed E-state index contributed by atoms with van der Waals surface area (Å²) in [6.45, 7) is 0.214. The fourth-order valence-electron chi connectivity index (χ4n) is 2.11. The van der Waals surface area contributed by atoms with E-state index in [1.807, 2.05) is 0 Å². The van der Waals surface area contributed by atoms with E-state index < -0.39 is 10.0 Å². The molecule has 0 bridgehead atoms. The Bertz CT molecular complexity index is 775. The average molecular weight is 356 g/mol.